The van der Waals surface area contributed by atoms with Crippen molar-refractivity contribution >= 4 is 29.9 Å². The molecule has 0 bridgehead atoms. The third-order valence-electron chi connectivity index (χ3n) is 3.76. The molecule has 0 aromatic carbocycles. The van der Waals surface area contributed by atoms with Crippen molar-refractivity contribution in [2.45, 2.75) is 30.6 Å². The predicted octanol–water partition coefficient (Wildman–Crippen LogP) is -0.912. The van der Waals surface area contributed by atoms with Crippen LogP contribution in [0.5, 0.6) is 0 Å². The van der Waals surface area contributed by atoms with Crippen molar-refractivity contribution in [3.05, 3.63) is 6.33 Å². The molecule has 5 N–H and O–H groups in total. The van der Waals surface area contributed by atoms with E-state index in [0.29, 0.717) is 11.5 Å². The van der Waals surface area contributed by atoms with Crippen molar-refractivity contribution in [1.29, 1.82) is 0 Å². The number of rotatable bonds is 4. The molecule has 0 amide bonds. The van der Waals surface area contributed by atoms with E-state index in [1.165, 1.54) is 23.5 Å². The van der Waals surface area contributed by atoms with Gasteiger partial charge >= 0.3 is 12.0 Å². The molecule has 2 aliphatic heterocycles. The van der Waals surface area contributed by atoms with Gasteiger partial charge in [0, 0.05) is 6.54 Å². The highest BCUT2D eigenvalue weighted by Gasteiger charge is 2.43. The number of nitrogens with two attached hydrogens (primary N) is 1. The fourth-order valence-electron chi connectivity index (χ4n) is 2.56. The van der Waals surface area contributed by atoms with Crippen molar-refractivity contribution in [3.8, 4) is 0 Å². The molecule has 12 heteroatoms. The minimum absolute atomic E-state index is 0.180. The van der Waals surface area contributed by atoms with Crippen molar-refractivity contribution in [3.63, 3.8) is 0 Å². The number of alkyl halides is 3. The zero-order valence-electron chi connectivity index (χ0n) is 12.8. The van der Waals surface area contributed by atoms with Crippen molar-refractivity contribution in [2.24, 2.45) is 4.99 Å². The number of aliphatic hydroxyl groups excluding tert-OH is 2. The lowest BCUT2D eigenvalue weighted by Crippen LogP contribution is -2.40. The van der Waals surface area contributed by atoms with Crippen molar-refractivity contribution in [2.75, 3.05) is 18.8 Å². The first-order valence-electron chi connectivity index (χ1n) is 7.33. The number of hydrogen-bond acceptors (Lipinski definition) is 8. The van der Waals surface area contributed by atoms with Crippen LogP contribution in [0, 0.1) is 0 Å². The Hall–Kier alpha value is -2.15. The monoisotopic (exact) mass is 361 g/mol. The molecule has 0 radical (unpaired) electrons. The molecule has 0 saturated carbocycles. The molecule has 25 heavy (non-hydrogen) atoms. The van der Waals surface area contributed by atoms with Crippen molar-refractivity contribution in [1.82, 2.24) is 15.3 Å². The Bertz CT molecular complexity index is 711. The molecule has 1 saturated heterocycles. The summed E-state index contributed by atoms with van der Waals surface area (Å²) in [6.45, 7) is -1.48. The molecule has 1 fully saturated rings. The number of nitrogens with zero attached hydrogens (tertiary/aromatic N) is 4. The summed E-state index contributed by atoms with van der Waals surface area (Å²) in [4.78, 5) is 11.9. The Kier molecular flexibility index (Phi) is 4.69. The molecular formula is C13H16F3N6O3+. The molecular weight excluding hydrogens is 345 g/mol. The van der Waals surface area contributed by atoms with Crippen LogP contribution in [0.2, 0.25) is 0 Å². The van der Waals surface area contributed by atoms with Gasteiger partial charge in [-0.05, 0) is 0 Å². The van der Waals surface area contributed by atoms with Gasteiger partial charge in [0.05, 0.1) is 18.9 Å². The van der Waals surface area contributed by atoms with E-state index >= 15 is 0 Å². The molecule has 136 valence electrons. The first-order chi connectivity index (χ1) is 11.8. The van der Waals surface area contributed by atoms with Crippen LogP contribution in [0.3, 0.4) is 0 Å². The zero-order valence-corrected chi connectivity index (χ0v) is 12.8. The highest BCUT2D eigenvalue weighted by Crippen LogP contribution is 2.33. The van der Waals surface area contributed by atoms with Gasteiger partial charge in [-0.2, -0.15) is 18.2 Å². The van der Waals surface area contributed by atoms with E-state index in [1.807, 2.05) is 0 Å². The first-order valence-corrected chi connectivity index (χ1v) is 7.33. The van der Waals surface area contributed by atoms with Gasteiger partial charge in [-0.1, -0.05) is 9.98 Å². The van der Waals surface area contributed by atoms with Gasteiger partial charge in [0.25, 0.3) is 5.69 Å². The Balaban J connectivity index is 1.69. The SMILES string of the molecule is Nc1ncnc2c1N=C[N+]2=CC1OC(CNCC(F)(F)F)C(O)C1O. The molecule has 0 aliphatic carbocycles. The number of ether oxygens (including phenoxy) is 1. The predicted molar refractivity (Wildman–Crippen MR) is 80.2 cm³/mol. The van der Waals surface area contributed by atoms with E-state index in [1.54, 1.807) is 0 Å². The van der Waals surface area contributed by atoms with E-state index in [2.05, 4.69) is 20.3 Å². The summed E-state index contributed by atoms with van der Waals surface area (Å²) in [6.07, 6.45) is -4.93. The minimum atomic E-state index is -4.37. The summed E-state index contributed by atoms with van der Waals surface area (Å²) in [6, 6.07) is 0. The number of hydrogen-bond donors (Lipinski definition) is 4. The number of aromatic nitrogens is 2. The third kappa shape index (κ3) is 3.76. The lowest BCUT2D eigenvalue weighted by molar-refractivity contribution is -0.294. The second kappa shape index (κ2) is 6.63. The Morgan fingerprint density at radius 2 is 2.08 bits per heavy atom. The largest absolute Gasteiger partial charge is 0.401 e. The van der Waals surface area contributed by atoms with Crippen LogP contribution >= 0.6 is 0 Å². The maximum absolute atomic E-state index is 12.2. The van der Waals surface area contributed by atoms with E-state index < -0.39 is 37.1 Å². The quantitative estimate of drug-likeness (QED) is 0.511. The van der Waals surface area contributed by atoms with Crippen LogP contribution in [-0.4, -0.2) is 81.0 Å². The Morgan fingerprint density at radius 3 is 2.80 bits per heavy atom. The van der Waals surface area contributed by atoms with E-state index in [4.69, 9.17) is 10.5 Å². The number of aliphatic hydroxyl groups is 2. The second-order valence-electron chi connectivity index (χ2n) is 5.60. The van der Waals surface area contributed by atoms with Crippen LogP contribution in [0.4, 0.5) is 30.5 Å². The maximum Gasteiger partial charge on any atom is 0.401 e. The average molecular weight is 361 g/mol. The summed E-state index contributed by atoms with van der Waals surface area (Å²) >= 11 is 0. The van der Waals surface area contributed by atoms with Gasteiger partial charge in [-0.3, -0.25) is 0 Å². The molecule has 0 spiro atoms. The normalized spacial score (nSPS) is 30.2. The van der Waals surface area contributed by atoms with E-state index in [-0.39, 0.29) is 12.4 Å². The minimum Gasteiger partial charge on any atom is -0.388 e. The number of aliphatic imine (C=N–C) groups is 1. The van der Waals surface area contributed by atoms with Crippen LogP contribution in [0.25, 0.3) is 0 Å². The average Bonchev–Trinajstić information content (AvgIpc) is 3.05. The molecule has 3 heterocycles. The van der Waals surface area contributed by atoms with E-state index in [9.17, 15) is 23.4 Å². The lowest BCUT2D eigenvalue weighted by Gasteiger charge is -2.16. The third-order valence-corrected chi connectivity index (χ3v) is 3.76. The highest BCUT2D eigenvalue weighted by atomic mass is 19.4. The zero-order chi connectivity index (χ0) is 18.2. The number of fused-ring (bicyclic) bond motifs is 1. The first kappa shape index (κ1) is 17.7. The standard InChI is InChI=1S/C13H16F3N6O3/c14-13(15,16)3-18-1-6-9(23)10(24)7(25-6)2-22-5-21-8-11(17)19-4-20-12(8)22/h2,4-7,9-10,18,23-24H,1,3H2,(H2,17,19,20)/q+1. The van der Waals surface area contributed by atoms with Gasteiger partial charge in [0.15, 0.2) is 12.1 Å². The van der Waals surface area contributed by atoms with Gasteiger partial charge < -0.3 is 26.0 Å². The smallest absolute Gasteiger partial charge is 0.388 e. The molecule has 9 nitrogen and oxygen atoms in total. The summed E-state index contributed by atoms with van der Waals surface area (Å²) in [5.41, 5.74) is 6.03. The number of anilines is 1. The Morgan fingerprint density at radius 1 is 1.32 bits per heavy atom. The molecule has 1 aromatic heterocycles. The molecule has 4 unspecified atom stereocenters. The topological polar surface area (TPSA) is 129 Å². The second-order valence-corrected chi connectivity index (χ2v) is 5.60. The van der Waals surface area contributed by atoms with Crippen LogP contribution in [-0.2, 0) is 4.74 Å². The number of halogens is 3. The number of nitrogen functional groups attached to an aromatic ring is 1. The van der Waals surface area contributed by atoms with Gasteiger partial charge in [0.2, 0.25) is 6.34 Å². The van der Waals surface area contributed by atoms with Crippen LogP contribution in [0.15, 0.2) is 11.3 Å². The van der Waals surface area contributed by atoms with Gasteiger partial charge in [-0.25, -0.2) is 4.58 Å². The summed E-state index contributed by atoms with van der Waals surface area (Å²) in [5.74, 6) is 0.552. The van der Waals surface area contributed by atoms with Crippen LogP contribution < -0.4 is 11.1 Å². The van der Waals surface area contributed by atoms with Gasteiger partial charge in [-0.15, -0.1) is 0 Å². The van der Waals surface area contributed by atoms with Gasteiger partial charge in [0.1, 0.15) is 18.3 Å². The summed E-state index contributed by atoms with van der Waals surface area (Å²) < 4.78 is 43.4. The number of nitrogens with one attached hydrogen (secondary N) is 1. The fraction of sp³-hybridized carbons (Fsp3) is 0.538. The molecule has 4 atom stereocenters. The highest BCUT2D eigenvalue weighted by molar-refractivity contribution is 5.81. The Labute approximate surface area is 139 Å². The summed E-state index contributed by atoms with van der Waals surface area (Å²) in [5, 5.41) is 22.2. The molecule has 1 aromatic rings. The lowest BCUT2D eigenvalue weighted by atomic mass is 10.1. The fourth-order valence-corrected chi connectivity index (χ4v) is 2.56. The van der Waals surface area contributed by atoms with Crippen molar-refractivity contribution < 1.29 is 32.7 Å². The maximum atomic E-state index is 12.2. The van der Waals surface area contributed by atoms with Crippen LogP contribution in [0.1, 0.15) is 0 Å². The summed E-state index contributed by atoms with van der Waals surface area (Å²) in [7, 11) is 0. The van der Waals surface area contributed by atoms with E-state index in [0.717, 1.165) is 0 Å². The molecule has 2 aliphatic rings. The molecule has 3 rings (SSSR count).